The summed E-state index contributed by atoms with van der Waals surface area (Å²) < 4.78 is 10.2. The first-order chi connectivity index (χ1) is 16.4. The van der Waals surface area contributed by atoms with Gasteiger partial charge in [0.1, 0.15) is 5.75 Å². The van der Waals surface area contributed by atoms with E-state index in [1.807, 2.05) is 0 Å². The lowest BCUT2D eigenvalue weighted by atomic mass is 9.83. The zero-order valence-corrected chi connectivity index (χ0v) is 19.6. The van der Waals surface area contributed by atoms with Gasteiger partial charge >= 0.3 is 12.0 Å². The van der Waals surface area contributed by atoms with E-state index in [-0.39, 0.29) is 11.6 Å². The Kier molecular flexibility index (Phi) is 8.66. The van der Waals surface area contributed by atoms with Gasteiger partial charge in [-0.1, -0.05) is 19.8 Å². The van der Waals surface area contributed by atoms with Crippen LogP contribution in [-0.4, -0.2) is 65.4 Å². The molecule has 3 rings (SSSR count). The summed E-state index contributed by atoms with van der Waals surface area (Å²) in [5, 5.41) is 7.61. The number of rotatable bonds is 8. The highest BCUT2D eigenvalue weighted by Crippen LogP contribution is 2.29. The lowest BCUT2D eigenvalue weighted by Gasteiger charge is -2.30. The van der Waals surface area contributed by atoms with Crippen LogP contribution in [0.1, 0.15) is 43.1 Å². The Bertz CT molecular complexity index is 1000. The molecule has 34 heavy (non-hydrogen) atoms. The van der Waals surface area contributed by atoms with E-state index >= 15 is 0 Å². The number of aliphatic imine (C=N–C) groups is 1. The third-order valence-corrected chi connectivity index (χ3v) is 5.74. The molecular formula is C24H29N5O5. The fraction of sp³-hybridized carbons (Fsp3) is 0.417. The highest BCUT2D eigenvalue weighted by Gasteiger charge is 2.24. The van der Waals surface area contributed by atoms with Crippen LogP contribution in [-0.2, 0) is 9.53 Å². The summed E-state index contributed by atoms with van der Waals surface area (Å²) in [6, 6.07) is 9.44. The molecular weight excluding hydrogens is 438 g/mol. The normalized spacial score (nSPS) is 17.7. The van der Waals surface area contributed by atoms with Gasteiger partial charge in [0.2, 0.25) is 12.3 Å². The van der Waals surface area contributed by atoms with E-state index in [9.17, 15) is 14.4 Å². The number of ether oxygens (including phenoxy) is 2. The number of benzene rings is 1. The predicted molar refractivity (Wildman–Crippen MR) is 125 cm³/mol. The van der Waals surface area contributed by atoms with Crippen LogP contribution in [0.5, 0.6) is 11.6 Å². The van der Waals surface area contributed by atoms with E-state index in [0.29, 0.717) is 36.2 Å². The third kappa shape index (κ3) is 6.84. The molecule has 180 valence electrons. The molecule has 0 spiro atoms. The van der Waals surface area contributed by atoms with Gasteiger partial charge in [-0.2, -0.15) is 0 Å². The summed E-state index contributed by atoms with van der Waals surface area (Å²) in [7, 11) is 2.70. The van der Waals surface area contributed by atoms with Gasteiger partial charge in [-0.15, -0.1) is 10.2 Å². The molecule has 1 fully saturated rings. The standard InChI is InChI=1S/C24H29N5O5/c1-17-4-6-18(7-5-17)14-29(24(32)28(2)16-30)15-25-19-8-10-20(11-9-19)34-22-13-12-21(26-27-22)23(31)33-3/h8-13,15-18H,4-7,14H2,1-3H3. The molecule has 1 aliphatic carbocycles. The number of aromatic nitrogens is 2. The Hall–Kier alpha value is -3.82. The fourth-order valence-electron chi connectivity index (χ4n) is 3.66. The Morgan fingerprint density at radius 3 is 2.38 bits per heavy atom. The highest BCUT2D eigenvalue weighted by atomic mass is 16.5. The largest absolute Gasteiger partial charge is 0.464 e. The smallest absolute Gasteiger partial charge is 0.358 e. The molecule has 0 atom stereocenters. The predicted octanol–water partition coefficient (Wildman–Crippen LogP) is 4.05. The lowest BCUT2D eigenvalue weighted by molar-refractivity contribution is -0.115. The van der Waals surface area contributed by atoms with Crippen LogP contribution >= 0.6 is 0 Å². The summed E-state index contributed by atoms with van der Waals surface area (Å²) in [4.78, 5) is 42.1. The number of nitrogens with zero attached hydrogens (tertiary/aromatic N) is 5. The number of hydrogen-bond donors (Lipinski definition) is 0. The highest BCUT2D eigenvalue weighted by molar-refractivity contribution is 5.92. The Balaban J connectivity index is 1.64. The summed E-state index contributed by atoms with van der Waals surface area (Å²) in [5.41, 5.74) is 0.699. The maximum absolute atomic E-state index is 12.6. The van der Waals surface area contributed by atoms with Crippen molar-refractivity contribution in [2.75, 3.05) is 20.7 Å². The van der Waals surface area contributed by atoms with Crippen LogP contribution in [0.4, 0.5) is 10.5 Å². The topological polar surface area (TPSA) is 114 Å². The molecule has 0 saturated heterocycles. The summed E-state index contributed by atoms with van der Waals surface area (Å²) in [6.07, 6.45) is 6.37. The molecule has 2 aromatic rings. The van der Waals surface area contributed by atoms with Crippen molar-refractivity contribution in [3.05, 3.63) is 42.1 Å². The third-order valence-electron chi connectivity index (χ3n) is 5.74. The molecule has 1 aliphatic rings. The minimum absolute atomic E-state index is 0.0848. The van der Waals surface area contributed by atoms with E-state index in [1.54, 1.807) is 24.3 Å². The monoisotopic (exact) mass is 467 g/mol. The first-order valence-corrected chi connectivity index (χ1v) is 11.1. The van der Waals surface area contributed by atoms with Crippen molar-refractivity contribution in [3.8, 4) is 11.6 Å². The number of esters is 1. The summed E-state index contributed by atoms with van der Waals surface area (Å²) in [5.74, 6) is 1.24. The maximum Gasteiger partial charge on any atom is 0.358 e. The van der Waals surface area contributed by atoms with Crippen molar-refractivity contribution in [2.24, 2.45) is 16.8 Å². The quantitative estimate of drug-likeness (QED) is 0.249. The van der Waals surface area contributed by atoms with Gasteiger partial charge in [-0.3, -0.25) is 14.6 Å². The first kappa shape index (κ1) is 24.8. The van der Waals surface area contributed by atoms with Crippen LogP contribution in [0.25, 0.3) is 0 Å². The number of urea groups is 1. The number of imide groups is 1. The average molecular weight is 468 g/mol. The van der Waals surface area contributed by atoms with E-state index in [4.69, 9.17) is 4.74 Å². The van der Waals surface area contributed by atoms with Crippen molar-refractivity contribution in [3.63, 3.8) is 0 Å². The van der Waals surface area contributed by atoms with Crippen LogP contribution < -0.4 is 4.74 Å². The molecule has 0 bridgehead atoms. The average Bonchev–Trinajstić information content (AvgIpc) is 2.87. The van der Waals surface area contributed by atoms with E-state index < -0.39 is 12.0 Å². The molecule has 1 aromatic carbocycles. The van der Waals surface area contributed by atoms with E-state index in [1.165, 1.54) is 37.5 Å². The van der Waals surface area contributed by atoms with Crippen LogP contribution in [0.15, 0.2) is 41.4 Å². The lowest BCUT2D eigenvalue weighted by Crippen LogP contribution is -2.42. The van der Waals surface area contributed by atoms with Crippen molar-refractivity contribution < 1.29 is 23.9 Å². The Morgan fingerprint density at radius 2 is 1.79 bits per heavy atom. The SMILES string of the molecule is COC(=O)c1ccc(Oc2ccc(N=CN(CC3CCC(C)CC3)C(=O)N(C)C=O)cc2)nn1. The number of hydrogen-bond acceptors (Lipinski definition) is 8. The first-order valence-electron chi connectivity index (χ1n) is 11.1. The van der Waals surface area contributed by atoms with Gasteiger partial charge in [0, 0.05) is 19.7 Å². The summed E-state index contributed by atoms with van der Waals surface area (Å²) in [6.45, 7) is 2.77. The second-order valence-electron chi connectivity index (χ2n) is 8.37. The summed E-state index contributed by atoms with van der Waals surface area (Å²) >= 11 is 0. The minimum Gasteiger partial charge on any atom is -0.464 e. The second kappa shape index (κ2) is 11.9. The van der Waals surface area contributed by atoms with Crippen molar-refractivity contribution >= 4 is 30.4 Å². The van der Waals surface area contributed by atoms with E-state index in [2.05, 4.69) is 26.9 Å². The van der Waals surface area contributed by atoms with Gasteiger partial charge in [-0.05, 0) is 55.0 Å². The van der Waals surface area contributed by atoms with Gasteiger partial charge in [-0.25, -0.2) is 14.6 Å². The molecule has 10 nitrogen and oxygen atoms in total. The van der Waals surface area contributed by atoms with Crippen LogP contribution in [0.2, 0.25) is 0 Å². The second-order valence-corrected chi connectivity index (χ2v) is 8.37. The van der Waals surface area contributed by atoms with Crippen molar-refractivity contribution in [2.45, 2.75) is 32.6 Å². The molecule has 0 radical (unpaired) electrons. The number of amides is 3. The molecule has 3 amide bonds. The zero-order chi connectivity index (χ0) is 24.5. The van der Waals surface area contributed by atoms with Crippen molar-refractivity contribution in [1.29, 1.82) is 0 Å². The maximum atomic E-state index is 12.6. The molecule has 0 N–H and O–H groups in total. The molecule has 0 aliphatic heterocycles. The molecule has 1 aromatic heterocycles. The molecule has 0 unspecified atom stereocenters. The van der Waals surface area contributed by atoms with Gasteiger partial charge in [0.05, 0.1) is 19.1 Å². The Labute approximate surface area is 198 Å². The van der Waals surface area contributed by atoms with Crippen LogP contribution in [0.3, 0.4) is 0 Å². The Morgan fingerprint density at radius 1 is 1.09 bits per heavy atom. The van der Waals surface area contributed by atoms with Crippen molar-refractivity contribution in [1.82, 2.24) is 20.0 Å². The van der Waals surface area contributed by atoms with Gasteiger partial charge in [0.25, 0.3) is 0 Å². The zero-order valence-electron chi connectivity index (χ0n) is 19.6. The van der Waals surface area contributed by atoms with Crippen LogP contribution in [0, 0.1) is 11.8 Å². The number of methoxy groups -OCH3 is 1. The minimum atomic E-state index is -0.578. The fourth-order valence-corrected chi connectivity index (χ4v) is 3.66. The van der Waals surface area contributed by atoms with Gasteiger partial charge < -0.3 is 9.47 Å². The number of carbonyl (C=O) groups excluding carboxylic acids is 3. The molecule has 10 heteroatoms. The number of carbonyl (C=O) groups is 3. The molecule has 1 saturated carbocycles. The van der Waals surface area contributed by atoms with Gasteiger partial charge in [0.15, 0.2) is 5.69 Å². The van der Waals surface area contributed by atoms with E-state index in [0.717, 1.165) is 30.6 Å². The molecule has 1 heterocycles.